The Labute approximate surface area is 108 Å². The highest BCUT2D eigenvalue weighted by atomic mass is 19.4. The smallest absolute Gasteiger partial charge is 0.336 e. The van der Waals surface area contributed by atoms with E-state index in [4.69, 9.17) is 0 Å². The fourth-order valence-corrected chi connectivity index (χ4v) is 2.03. The van der Waals surface area contributed by atoms with Crippen LogP contribution in [0.3, 0.4) is 0 Å². The first-order chi connectivity index (χ1) is 8.79. The topological polar surface area (TPSA) is 41.4 Å². The summed E-state index contributed by atoms with van der Waals surface area (Å²) in [6.07, 6.45) is -3.48. The predicted octanol–water partition coefficient (Wildman–Crippen LogP) is 0.826. The number of carbonyl (C=O) groups is 1. The maximum Gasteiger partial charge on any atom is 0.435 e. The third kappa shape index (κ3) is 2.89. The average molecular weight is 276 g/mol. The van der Waals surface area contributed by atoms with Crippen LogP contribution < -0.4 is 0 Å². The van der Waals surface area contributed by atoms with Crippen LogP contribution in [0.5, 0.6) is 0 Å². The molecule has 5 nitrogen and oxygen atoms in total. The number of hydrogen-bond acceptors (Lipinski definition) is 3. The monoisotopic (exact) mass is 276 g/mol. The Morgan fingerprint density at radius 1 is 1.21 bits per heavy atom. The van der Waals surface area contributed by atoms with Crippen molar-refractivity contribution < 1.29 is 18.0 Å². The molecule has 106 valence electrons. The van der Waals surface area contributed by atoms with Crippen LogP contribution in [0.2, 0.25) is 0 Å². The minimum absolute atomic E-state index is 0.375. The number of amides is 1. The molecule has 1 aromatic heterocycles. The molecule has 0 spiro atoms. The van der Waals surface area contributed by atoms with E-state index in [1.54, 1.807) is 0 Å². The van der Waals surface area contributed by atoms with Crippen molar-refractivity contribution in [1.82, 2.24) is 19.6 Å². The Bertz CT molecular complexity index is 475. The van der Waals surface area contributed by atoms with Crippen molar-refractivity contribution in [3.05, 3.63) is 17.5 Å². The van der Waals surface area contributed by atoms with Gasteiger partial charge in [0.05, 0.1) is 5.56 Å². The second-order valence-corrected chi connectivity index (χ2v) is 4.66. The molecule has 0 unspecified atom stereocenters. The first-order valence-electron chi connectivity index (χ1n) is 5.87. The molecule has 0 aromatic carbocycles. The number of halogens is 3. The van der Waals surface area contributed by atoms with Gasteiger partial charge in [0.2, 0.25) is 0 Å². The quantitative estimate of drug-likeness (QED) is 0.763. The fourth-order valence-electron chi connectivity index (χ4n) is 2.03. The van der Waals surface area contributed by atoms with Crippen molar-refractivity contribution in [2.24, 2.45) is 7.05 Å². The zero-order valence-corrected chi connectivity index (χ0v) is 10.7. The summed E-state index contributed by atoms with van der Waals surface area (Å²) in [4.78, 5) is 15.6. The molecule has 1 fully saturated rings. The molecular formula is C11H15F3N4O. The van der Waals surface area contributed by atoms with E-state index in [1.807, 2.05) is 11.9 Å². The van der Waals surface area contributed by atoms with Crippen molar-refractivity contribution in [3.8, 4) is 0 Å². The number of rotatable bonds is 1. The highest BCUT2D eigenvalue weighted by Gasteiger charge is 2.40. The van der Waals surface area contributed by atoms with Crippen LogP contribution >= 0.6 is 0 Å². The lowest BCUT2D eigenvalue weighted by Gasteiger charge is -2.32. The number of piperazine rings is 1. The molecule has 1 aliphatic rings. The van der Waals surface area contributed by atoms with Gasteiger partial charge in [0.25, 0.3) is 5.91 Å². The molecule has 1 amide bonds. The summed E-state index contributed by atoms with van der Waals surface area (Å²) >= 11 is 0. The summed E-state index contributed by atoms with van der Waals surface area (Å²) in [5, 5.41) is 3.35. The summed E-state index contributed by atoms with van der Waals surface area (Å²) in [6.45, 7) is 2.18. The van der Waals surface area contributed by atoms with Gasteiger partial charge in [-0.3, -0.25) is 9.48 Å². The Kier molecular flexibility index (Phi) is 3.53. The van der Waals surface area contributed by atoms with Gasteiger partial charge in [-0.1, -0.05) is 0 Å². The number of likely N-dealkylation sites (N-methyl/N-ethyl adjacent to an activating group) is 1. The lowest BCUT2D eigenvalue weighted by atomic mass is 10.2. The van der Waals surface area contributed by atoms with E-state index >= 15 is 0 Å². The third-order valence-electron chi connectivity index (χ3n) is 3.12. The van der Waals surface area contributed by atoms with Crippen molar-refractivity contribution in [1.29, 1.82) is 0 Å². The van der Waals surface area contributed by atoms with Crippen LogP contribution in [0, 0.1) is 0 Å². The van der Waals surface area contributed by atoms with Crippen LogP contribution in [0.1, 0.15) is 16.1 Å². The summed E-state index contributed by atoms with van der Waals surface area (Å²) in [5.41, 5.74) is -1.49. The highest BCUT2D eigenvalue weighted by Crippen LogP contribution is 2.31. The molecule has 0 atom stereocenters. The Morgan fingerprint density at radius 2 is 1.79 bits per heavy atom. The van der Waals surface area contributed by atoms with E-state index < -0.39 is 17.8 Å². The van der Waals surface area contributed by atoms with Gasteiger partial charge in [-0.25, -0.2) is 0 Å². The predicted molar refractivity (Wildman–Crippen MR) is 61.6 cm³/mol. The van der Waals surface area contributed by atoms with Gasteiger partial charge >= 0.3 is 6.18 Å². The van der Waals surface area contributed by atoms with Gasteiger partial charge < -0.3 is 9.80 Å². The number of carbonyl (C=O) groups excluding carboxylic acids is 1. The fraction of sp³-hybridized carbons (Fsp3) is 0.636. The first-order valence-corrected chi connectivity index (χ1v) is 5.87. The molecule has 1 aliphatic heterocycles. The number of aryl methyl sites for hydroxylation is 1. The van der Waals surface area contributed by atoms with Gasteiger partial charge in [0.15, 0.2) is 5.69 Å². The summed E-state index contributed by atoms with van der Waals surface area (Å²) in [6, 6.07) is 0. The Hall–Kier alpha value is -1.57. The second kappa shape index (κ2) is 4.84. The molecule has 1 aromatic rings. The van der Waals surface area contributed by atoms with Gasteiger partial charge in [-0.05, 0) is 7.05 Å². The molecule has 0 bridgehead atoms. The highest BCUT2D eigenvalue weighted by molar-refractivity contribution is 5.95. The zero-order chi connectivity index (χ0) is 14.2. The SMILES string of the molecule is CN1CCN(C(=O)c2cn(C)nc2C(F)(F)F)CC1. The van der Waals surface area contributed by atoms with E-state index in [0.717, 1.165) is 10.9 Å². The molecule has 0 saturated carbocycles. The third-order valence-corrected chi connectivity index (χ3v) is 3.12. The second-order valence-electron chi connectivity index (χ2n) is 4.66. The normalized spacial score (nSPS) is 17.8. The maximum absolute atomic E-state index is 12.8. The van der Waals surface area contributed by atoms with Gasteiger partial charge in [-0.2, -0.15) is 18.3 Å². The van der Waals surface area contributed by atoms with Crippen LogP contribution in [-0.4, -0.2) is 58.7 Å². The standard InChI is InChI=1S/C11H15F3N4O/c1-16-3-5-18(6-4-16)10(19)8-7-17(2)15-9(8)11(12,13)14/h7H,3-6H2,1-2H3. The number of alkyl halides is 3. The van der Waals surface area contributed by atoms with Crippen molar-refractivity contribution in [2.45, 2.75) is 6.18 Å². The molecule has 0 N–H and O–H groups in total. The molecule has 19 heavy (non-hydrogen) atoms. The van der Waals surface area contributed by atoms with Gasteiger partial charge in [-0.15, -0.1) is 0 Å². The van der Waals surface area contributed by atoms with E-state index in [2.05, 4.69) is 5.10 Å². The maximum atomic E-state index is 12.8. The van der Waals surface area contributed by atoms with Crippen LogP contribution in [-0.2, 0) is 13.2 Å². The van der Waals surface area contributed by atoms with Gasteiger partial charge in [0.1, 0.15) is 0 Å². The average Bonchev–Trinajstić information content (AvgIpc) is 2.71. The van der Waals surface area contributed by atoms with E-state index in [9.17, 15) is 18.0 Å². The molecule has 1 saturated heterocycles. The lowest BCUT2D eigenvalue weighted by Crippen LogP contribution is -2.47. The minimum Gasteiger partial charge on any atom is -0.336 e. The molecule has 0 radical (unpaired) electrons. The molecule has 8 heteroatoms. The van der Waals surface area contributed by atoms with E-state index in [1.165, 1.54) is 11.9 Å². The Balaban J connectivity index is 2.24. The van der Waals surface area contributed by atoms with Crippen LogP contribution in [0.15, 0.2) is 6.20 Å². The van der Waals surface area contributed by atoms with Crippen LogP contribution in [0.25, 0.3) is 0 Å². The van der Waals surface area contributed by atoms with E-state index in [0.29, 0.717) is 26.2 Å². The van der Waals surface area contributed by atoms with Crippen LogP contribution in [0.4, 0.5) is 13.2 Å². The number of aromatic nitrogens is 2. The number of nitrogens with zero attached hydrogens (tertiary/aromatic N) is 4. The van der Waals surface area contributed by atoms with Gasteiger partial charge in [0, 0.05) is 39.4 Å². The van der Waals surface area contributed by atoms with E-state index in [-0.39, 0.29) is 5.56 Å². The molecule has 2 heterocycles. The van der Waals surface area contributed by atoms with Crippen molar-refractivity contribution >= 4 is 5.91 Å². The first kappa shape index (κ1) is 13.9. The molecule has 0 aliphatic carbocycles. The molecule has 2 rings (SSSR count). The zero-order valence-electron chi connectivity index (χ0n) is 10.7. The summed E-state index contributed by atoms with van der Waals surface area (Å²) in [5.74, 6) is -0.603. The lowest BCUT2D eigenvalue weighted by molar-refractivity contribution is -0.141. The Morgan fingerprint density at radius 3 is 2.32 bits per heavy atom. The summed E-state index contributed by atoms with van der Waals surface area (Å²) < 4.78 is 39.4. The minimum atomic E-state index is -4.61. The van der Waals surface area contributed by atoms with Crippen molar-refractivity contribution in [2.75, 3.05) is 33.2 Å². The molecular weight excluding hydrogens is 261 g/mol. The van der Waals surface area contributed by atoms with Crippen molar-refractivity contribution in [3.63, 3.8) is 0 Å². The number of hydrogen-bond donors (Lipinski definition) is 0. The summed E-state index contributed by atoms with van der Waals surface area (Å²) in [7, 11) is 3.28. The largest absolute Gasteiger partial charge is 0.435 e.